The van der Waals surface area contributed by atoms with Crippen LogP contribution in [0.15, 0.2) is 45.7 Å². The second-order valence-corrected chi connectivity index (χ2v) is 12.4. The van der Waals surface area contributed by atoms with Gasteiger partial charge in [0.05, 0.1) is 41.4 Å². The molecule has 3 aromatic rings. The smallest absolute Gasteiger partial charge is 0.261 e. The minimum absolute atomic E-state index is 0.0395. The number of nitrogens with two attached hydrogens (primary N) is 1. The van der Waals surface area contributed by atoms with Crippen LogP contribution in [0.25, 0.3) is 11.5 Å². The number of sulfone groups is 1. The lowest BCUT2D eigenvalue weighted by atomic mass is 9.95. The number of aryl methyl sites for hydroxylation is 1. The molecular formula is C25H26ClF2N5O4S. The Bertz CT molecular complexity index is 1500. The monoisotopic (exact) mass is 565 g/mol. The number of rotatable bonds is 4. The number of nitrogens with zero attached hydrogens (tertiary/aromatic N) is 4. The van der Waals surface area contributed by atoms with E-state index in [2.05, 4.69) is 10.2 Å². The van der Waals surface area contributed by atoms with Gasteiger partial charge in [0.2, 0.25) is 17.7 Å². The van der Waals surface area contributed by atoms with Crippen LogP contribution in [0.3, 0.4) is 0 Å². The van der Waals surface area contributed by atoms with E-state index in [4.69, 9.17) is 21.8 Å². The fraction of sp³-hybridized carbons (Fsp3) is 0.400. The number of fused-ring (bicyclic) bond motifs is 1. The maximum absolute atomic E-state index is 14.2. The van der Waals surface area contributed by atoms with E-state index < -0.39 is 45.8 Å². The standard InChI is InChI=1S/C25H26ClF2N5O4S/c1-14-7-21-20(8-18(14)23-31-30-22(37-23)16-9-25(27,28)13-32(2)11-16)33(10-15-3-5-17(26)6-4-15)24(34)19(29)12-38(21,35)36/h3-8,16,19H,9-13,29H2,1-2H3/t16?,19-/m0/s1. The molecule has 2 N–H and O–H groups in total. The number of halogens is 3. The normalized spacial score (nSPS) is 23.2. The molecular weight excluding hydrogens is 540 g/mol. The molecule has 9 nitrogen and oxygen atoms in total. The molecule has 0 spiro atoms. The Morgan fingerprint density at radius 1 is 1.21 bits per heavy atom. The van der Waals surface area contributed by atoms with Gasteiger partial charge >= 0.3 is 0 Å². The predicted octanol–water partition coefficient (Wildman–Crippen LogP) is 3.40. The quantitative estimate of drug-likeness (QED) is 0.511. The lowest BCUT2D eigenvalue weighted by Gasteiger charge is -2.33. The van der Waals surface area contributed by atoms with Crippen molar-refractivity contribution in [2.24, 2.45) is 5.73 Å². The number of alkyl halides is 2. The summed E-state index contributed by atoms with van der Waals surface area (Å²) in [6.45, 7) is 1.71. The molecule has 1 saturated heterocycles. The van der Waals surface area contributed by atoms with Gasteiger partial charge in [-0.25, -0.2) is 17.2 Å². The van der Waals surface area contributed by atoms with Crippen molar-refractivity contribution in [3.63, 3.8) is 0 Å². The molecule has 3 heterocycles. The third-order valence-electron chi connectivity index (χ3n) is 6.77. The average Bonchev–Trinajstić information content (AvgIpc) is 3.30. The highest BCUT2D eigenvalue weighted by Gasteiger charge is 2.42. The number of carbonyl (C=O) groups is 1. The van der Waals surface area contributed by atoms with Crippen LogP contribution in [-0.4, -0.2) is 67.3 Å². The zero-order valence-electron chi connectivity index (χ0n) is 20.7. The number of piperidine rings is 1. The summed E-state index contributed by atoms with van der Waals surface area (Å²) in [6, 6.07) is 8.50. The highest BCUT2D eigenvalue weighted by molar-refractivity contribution is 7.91. The number of carbonyl (C=O) groups excluding carboxylic acids is 1. The molecule has 2 atom stereocenters. The van der Waals surface area contributed by atoms with Crippen molar-refractivity contribution in [1.82, 2.24) is 15.1 Å². The molecule has 0 radical (unpaired) electrons. The first-order valence-corrected chi connectivity index (χ1v) is 13.9. The largest absolute Gasteiger partial charge is 0.420 e. The van der Waals surface area contributed by atoms with Crippen LogP contribution in [0.5, 0.6) is 0 Å². The van der Waals surface area contributed by atoms with E-state index in [1.807, 2.05) is 0 Å². The van der Waals surface area contributed by atoms with Gasteiger partial charge in [-0.15, -0.1) is 10.2 Å². The van der Waals surface area contributed by atoms with Crippen LogP contribution in [-0.2, 0) is 21.2 Å². The first kappa shape index (κ1) is 26.7. The van der Waals surface area contributed by atoms with E-state index >= 15 is 0 Å². The molecule has 1 amide bonds. The maximum Gasteiger partial charge on any atom is 0.261 e. The second kappa shape index (κ2) is 9.67. The van der Waals surface area contributed by atoms with Gasteiger partial charge in [0, 0.05) is 23.6 Å². The van der Waals surface area contributed by atoms with Crippen molar-refractivity contribution in [2.45, 2.75) is 42.7 Å². The number of benzene rings is 2. The molecule has 0 bridgehead atoms. The van der Waals surface area contributed by atoms with Gasteiger partial charge in [0.25, 0.3) is 5.92 Å². The van der Waals surface area contributed by atoms with Crippen LogP contribution in [0.2, 0.25) is 5.02 Å². The first-order chi connectivity index (χ1) is 17.8. The number of likely N-dealkylation sites (tertiary alicyclic amines) is 1. The molecule has 5 rings (SSSR count). The summed E-state index contributed by atoms with van der Waals surface area (Å²) in [4.78, 5) is 16.1. The lowest BCUT2D eigenvalue weighted by Crippen LogP contribution is -2.45. The summed E-state index contributed by atoms with van der Waals surface area (Å²) in [5.74, 6) is -4.53. The summed E-state index contributed by atoms with van der Waals surface area (Å²) in [5, 5.41) is 8.63. The summed E-state index contributed by atoms with van der Waals surface area (Å²) in [5.41, 5.74) is 7.74. The summed E-state index contributed by atoms with van der Waals surface area (Å²) in [6.07, 6.45) is -0.415. The molecule has 2 aromatic carbocycles. The van der Waals surface area contributed by atoms with E-state index in [0.717, 1.165) is 0 Å². The van der Waals surface area contributed by atoms with E-state index in [-0.39, 0.29) is 35.5 Å². The predicted molar refractivity (Wildman–Crippen MR) is 137 cm³/mol. The molecule has 1 aromatic heterocycles. The van der Waals surface area contributed by atoms with Crippen molar-refractivity contribution in [1.29, 1.82) is 0 Å². The Balaban J connectivity index is 1.58. The van der Waals surface area contributed by atoms with Crippen LogP contribution >= 0.6 is 11.6 Å². The summed E-state index contributed by atoms with van der Waals surface area (Å²) >= 11 is 5.99. The molecule has 2 aliphatic rings. The van der Waals surface area contributed by atoms with Gasteiger partial charge in [-0.05, 0) is 49.4 Å². The summed E-state index contributed by atoms with van der Waals surface area (Å²) in [7, 11) is -2.31. The topological polar surface area (TPSA) is 123 Å². The van der Waals surface area contributed by atoms with Gasteiger partial charge in [0.1, 0.15) is 0 Å². The zero-order valence-corrected chi connectivity index (χ0v) is 22.3. The van der Waals surface area contributed by atoms with Crippen LogP contribution in [0.1, 0.15) is 29.4 Å². The van der Waals surface area contributed by atoms with Gasteiger partial charge < -0.3 is 15.1 Å². The maximum atomic E-state index is 14.2. The number of likely N-dealkylation sites (N-methyl/N-ethyl adjacent to an activating group) is 1. The van der Waals surface area contributed by atoms with Crippen LogP contribution in [0.4, 0.5) is 14.5 Å². The Morgan fingerprint density at radius 2 is 1.92 bits per heavy atom. The van der Waals surface area contributed by atoms with Crippen LogP contribution < -0.4 is 10.6 Å². The molecule has 1 fully saturated rings. The Morgan fingerprint density at radius 3 is 2.61 bits per heavy atom. The molecule has 38 heavy (non-hydrogen) atoms. The number of hydrogen-bond donors (Lipinski definition) is 1. The van der Waals surface area contributed by atoms with Crippen molar-refractivity contribution < 1.29 is 26.4 Å². The Labute approximate surface area is 223 Å². The molecule has 0 saturated carbocycles. The third-order valence-corrected chi connectivity index (χ3v) is 8.81. The fourth-order valence-electron chi connectivity index (χ4n) is 5.01. The molecule has 202 valence electrons. The molecule has 2 aliphatic heterocycles. The van der Waals surface area contributed by atoms with Gasteiger partial charge in [0.15, 0.2) is 9.84 Å². The van der Waals surface area contributed by atoms with Gasteiger partial charge in [-0.1, -0.05) is 23.7 Å². The van der Waals surface area contributed by atoms with Gasteiger partial charge in [-0.2, -0.15) is 0 Å². The van der Waals surface area contributed by atoms with E-state index in [1.165, 1.54) is 21.9 Å². The molecule has 13 heteroatoms. The van der Waals surface area contributed by atoms with E-state index in [1.54, 1.807) is 38.2 Å². The van der Waals surface area contributed by atoms with Crippen LogP contribution in [0, 0.1) is 6.92 Å². The first-order valence-electron chi connectivity index (χ1n) is 11.9. The Hall–Kier alpha value is -2.93. The summed E-state index contributed by atoms with van der Waals surface area (Å²) < 4.78 is 60.5. The van der Waals surface area contributed by atoms with Crippen molar-refractivity contribution in [3.8, 4) is 11.5 Å². The molecule has 0 aliphatic carbocycles. The Kier molecular flexibility index (Phi) is 6.79. The highest BCUT2D eigenvalue weighted by Crippen LogP contribution is 2.39. The minimum atomic E-state index is -3.91. The average molecular weight is 566 g/mol. The van der Waals surface area contributed by atoms with Gasteiger partial charge in [-0.3, -0.25) is 9.69 Å². The number of hydrogen-bond acceptors (Lipinski definition) is 8. The minimum Gasteiger partial charge on any atom is -0.420 e. The molecule has 1 unspecified atom stereocenters. The van der Waals surface area contributed by atoms with E-state index in [0.29, 0.717) is 28.3 Å². The third kappa shape index (κ3) is 5.18. The number of anilines is 1. The lowest BCUT2D eigenvalue weighted by molar-refractivity contribution is -0.119. The zero-order chi connectivity index (χ0) is 27.4. The fourth-order valence-corrected chi connectivity index (χ4v) is 6.78. The van der Waals surface area contributed by atoms with Crippen molar-refractivity contribution in [2.75, 3.05) is 30.8 Å². The SMILES string of the molecule is Cc1cc2c(cc1-c1nnc(C3CN(C)CC(F)(F)C3)o1)N(Cc1ccc(Cl)cc1)C(=O)[C@@H](N)CS2(=O)=O. The number of amides is 1. The van der Waals surface area contributed by atoms with Crippen molar-refractivity contribution in [3.05, 3.63) is 58.4 Å². The second-order valence-electron chi connectivity index (χ2n) is 9.97. The van der Waals surface area contributed by atoms with Crippen molar-refractivity contribution >= 4 is 33.0 Å². The van der Waals surface area contributed by atoms with E-state index in [9.17, 15) is 22.0 Å². The number of aromatic nitrogens is 2. The highest BCUT2D eigenvalue weighted by atomic mass is 35.5.